The minimum absolute atomic E-state index is 0.0579. The summed E-state index contributed by atoms with van der Waals surface area (Å²) in [7, 11) is 0. The zero-order chi connectivity index (χ0) is 14.0. The summed E-state index contributed by atoms with van der Waals surface area (Å²) in [5.41, 5.74) is 7.09. The first-order valence-electron chi connectivity index (χ1n) is 6.98. The van der Waals surface area contributed by atoms with Gasteiger partial charge in [-0.05, 0) is 39.0 Å². The number of benzene rings is 1. The lowest BCUT2D eigenvalue weighted by Gasteiger charge is -2.18. The van der Waals surface area contributed by atoms with Gasteiger partial charge in [0, 0.05) is 18.2 Å². The molecule has 2 unspecified atom stereocenters. The van der Waals surface area contributed by atoms with Gasteiger partial charge in [0.2, 0.25) is 0 Å². The van der Waals surface area contributed by atoms with E-state index in [4.69, 9.17) is 10.5 Å². The Kier molecular flexibility index (Phi) is 4.17. The van der Waals surface area contributed by atoms with Crippen LogP contribution in [0.2, 0.25) is 0 Å². The van der Waals surface area contributed by atoms with Crippen LogP contribution in [0.3, 0.4) is 0 Å². The molecule has 1 aliphatic carbocycles. The van der Waals surface area contributed by atoms with Crippen molar-refractivity contribution in [3.8, 4) is 5.75 Å². The van der Waals surface area contributed by atoms with E-state index in [1.807, 2.05) is 13.8 Å². The van der Waals surface area contributed by atoms with Gasteiger partial charge in [-0.15, -0.1) is 0 Å². The topological polar surface area (TPSA) is 47.3 Å². The Morgan fingerprint density at radius 2 is 2.11 bits per heavy atom. The second-order valence-electron chi connectivity index (χ2n) is 5.80. The van der Waals surface area contributed by atoms with Gasteiger partial charge in [0.25, 0.3) is 0 Å². The third kappa shape index (κ3) is 3.52. The van der Waals surface area contributed by atoms with Crippen LogP contribution in [0, 0.1) is 11.7 Å². The van der Waals surface area contributed by atoms with E-state index in [1.165, 1.54) is 12.5 Å². The maximum atomic E-state index is 13.7. The van der Waals surface area contributed by atoms with Gasteiger partial charge < -0.3 is 15.8 Å². The first kappa shape index (κ1) is 14.0. The lowest BCUT2D eigenvalue weighted by molar-refractivity contribution is 0.231. The third-order valence-electron chi connectivity index (χ3n) is 3.52. The number of hydrogen-bond acceptors (Lipinski definition) is 3. The van der Waals surface area contributed by atoms with Crippen molar-refractivity contribution in [2.45, 2.75) is 52.2 Å². The van der Waals surface area contributed by atoms with Gasteiger partial charge in [0.15, 0.2) is 11.6 Å². The average Bonchev–Trinajstić information content (AvgIpc) is 2.70. The molecule has 2 rings (SSSR count). The molecule has 0 radical (unpaired) electrons. The molecule has 1 fully saturated rings. The number of hydrogen-bond donors (Lipinski definition) is 2. The molecule has 1 aromatic rings. The molecule has 0 aromatic heterocycles. The molecule has 0 heterocycles. The highest BCUT2D eigenvalue weighted by molar-refractivity contribution is 5.69. The standard InChI is InChI=1S/C15H23FN2O/c1-9(2)19-15-8-14(13(17)7-12(15)16)18-11-5-4-10(3)6-11/h7-11,18H,4-6,17H2,1-3H3. The molecule has 2 atom stereocenters. The first-order valence-corrected chi connectivity index (χ1v) is 6.98. The summed E-state index contributed by atoms with van der Waals surface area (Å²) in [6.45, 7) is 6.01. The minimum atomic E-state index is -0.406. The molecular formula is C15H23FN2O. The number of ether oxygens (including phenoxy) is 1. The summed E-state index contributed by atoms with van der Waals surface area (Å²) in [6.07, 6.45) is 3.45. The molecule has 106 valence electrons. The summed E-state index contributed by atoms with van der Waals surface area (Å²) in [6, 6.07) is 3.43. The van der Waals surface area contributed by atoms with E-state index < -0.39 is 5.82 Å². The van der Waals surface area contributed by atoms with Gasteiger partial charge in [-0.2, -0.15) is 0 Å². The lowest BCUT2D eigenvalue weighted by Crippen LogP contribution is -2.17. The van der Waals surface area contributed by atoms with Crippen LogP contribution in [0.25, 0.3) is 0 Å². The van der Waals surface area contributed by atoms with Gasteiger partial charge >= 0.3 is 0 Å². The molecule has 1 saturated carbocycles. The van der Waals surface area contributed by atoms with Gasteiger partial charge in [0.05, 0.1) is 17.5 Å². The molecule has 0 spiro atoms. The van der Waals surface area contributed by atoms with Crippen LogP contribution in [-0.2, 0) is 0 Å². The second-order valence-corrected chi connectivity index (χ2v) is 5.80. The molecule has 19 heavy (non-hydrogen) atoms. The number of rotatable bonds is 4. The van der Waals surface area contributed by atoms with Crippen molar-refractivity contribution in [1.29, 1.82) is 0 Å². The van der Waals surface area contributed by atoms with Crippen LogP contribution < -0.4 is 15.8 Å². The van der Waals surface area contributed by atoms with Crippen LogP contribution in [0.1, 0.15) is 40.0 Å². The van der Waals surface area contributed by atoms with Crippen molar-refractivity contribution >= 4 is 11.4 Å². The predicted molar refractivity (Wildman–Crippen MR) is 77.0 cm³/mol. The van der Waals surface area contributed by atoms with E-state index in [0.29, 0.717) is 11.7 Å². The van der Waals surface area contributed by atoms with Crippen molar-refractivity contribution in [2.75, 3.05) is 11.1 Å². The van der Waals surface area contributed by atoms with Crippen LogP contribution >= 0.6 is 0 Å². The fraction of sp³-hybridized carbons (Fsp3) is 0.600. The van der Waals surface area contributed by atoms with E-state index >= 15 is 0 Å². The number of halogens is 1. The number of nitrogen functional groups attached to an aromatic ring is 1. The molecule has 4 heteroatoms. The summed E-state index contributed by atoms with van der Waals surface area (Å²) < 4.78 is 19.2. The van der Waals surface area contributed by atoms with Crippen molar-refractivity contribution in [2.24, 2.45) is 5.92 Å². The van der Waals surface area contributed by atoms with Crippen LogP contribution in [0.4, 0.5) is 15.8 Å². The highest BCUT2D eigenvalue weighted by atomic mass is 19.1. The van der Waals surface area contributed by atoms with E-state index in [1.54, 1.807) is 6.07 Å². The van der Waals surface area contributed by atoms with Crippen LogP contribution in [0.5, 0.6) is 5.75 Å². The van der Waals surface area contributed by atoms with Crippen LogP contribution in [0.15, 0.2) is 12.1 Å². The Labute approximate surface area is 114 Å². The molecule has 1 aromatic carbocycles. The third-order valence-corrected chi connectivity index (χ3v) is 3.52. The molecule has 0 aliphatic heterocycles. The van der Waals surface area contributed by atoms with Crippen molar-refractivity contribution in [1.82, 2.24) is 0 Å². The lowest BCUT2D eigenvalue weighted by atomic mass is 10.1. The number of anilines is 2. The maximum absolute atomic E-state index is 13.7. The quantitative estimate of drug-likeness (QED) is 0.815. The molecule has 0 saturated heterocycles. The zero-order valence-corrected chi connectivity index (χ0v) is 11.9. The fourth-order valence-corrected chi connectivity index (χ4v) is 2.60. The number of nitrogens with one attached hydrogen (secondary N) is 1. The molecule has 0 amide bonds. The van der Waals surface area contributed by atoms with Crippen molar-refractivity contribution in [3.63, 3.8) is 0 Å². The van der Waals surface area contributed by atoms with E-state index in [0.717, 1.165) is 24.4 Å². The SMILES string of the molecule is CC1CCC(Nc2cc(OC(C)C)c(F)cc2N)C1. The van der Waals surface area contributed by atoms with Gasteiger partial charge in [0.1, 0.15) is 0 Å². The maximum Gasteiger partial charge on any atom is 0.167 e. The van der Waals surface area contributed by atoms with Gasteiger partial charge in [-0.3, -0.25) is 0 Å². The Hall–Kier alpha value is -1.45. The average molecular weight is 266 g/mol. The minimum Gasteiger partial charge on any atom is -0.488 e. The molecule has 0 bridgehead atoms. The van der Waals surface area contributed by atoms with Crippen molar-refractivity contribution in [3.05, 3.63) is 17.9 Å². The smallest absolute Gasteiger partial charge is 0.167 e. The first-order chi connectivity index (χ1) is 8.95. The summed E-state index contributed by atoms with van der Waals surface area (Å²) >= 11 is 0. The molecule has 3 N–H and O–H groups in total. The summed E-state index contributed by atoms with van der Waals surface area (Å²) in [5, 5.41) is 3.41. The monoisotopic (exact) mass is 266 g/mol. The Morgan fingerprint density at radius 1 is 1.37 bits per heavy atom. The molecule has 1 aliphatic rings. The van der Waals surface area contributed by atoms with E-state index in [-0.39, 0.29) is 11.9 Å². The fourth-order valence-electron chi connectivity index (χ4n) is 2.60. The molecule has 3 nitrogen and oxygen atoms in total. The van der Waals surface area contributed by atoms with Gasteiger partial charge in [-0.1, -0.05) is 6.92 Å². The van der Waals surface area contributed by atoms with Crippen molar-refractivity contribution < 1.29 is 9.13 Å². The second kappa shape index (κ2) is 5.68. The Morgan fingerprint density at radius 3 is 2.68 bits per heavy atom. The van der Waals surface area contributed by atoms with Crippen LogP contribution in [-0.4, -0.2) is 12.1 Å². The normalized spacial score (nSPS) is 22.8. The molecular weight excluding hydrogens is 243 g/mol. The van der Waals surface area contributed by atoms with E-state index in [9.17, 15) is 4.39 Å². The summed E-state index contributed by atoms with van der Waals surface area (Å²) in [5.74, 6) is 0.597. The largest absolute Gasteiger partial charge is 0.488 e. The predicted octanol–water partition coefficient (Wildman–Crippen LogP) is 3.80. The Balaban J connectivity index is 2.15. The summed E-state index contributed by atoms with van der Waals surface area (Å²) in [4.78, 5) is 0. The highest BCUT2D eigenvalue weighted by Gasteiger charge is 2.22. The zero-order valence-electron chi connectivity index (χ0n) is 11.9. The Bertz CT molecular complexity index is 448. The van der Waals surface area contributed by atoms with E-state index in [2.05, 4.69) is 12.2 Å². The number of nitrogens with two attached hydrogens (primary N) is 1. The van der Waals surface area contributed by atoms with Gasteiger partial charge in [-0.25, -0.2) is 4.39 Å². The highest BCUT2D eigenvalue weighted by Crippen LogP contribution is 2.33.